The Morgan fingerprint density at radius 2 is 2.17 bits per heavy atom. The second-order valence-corrected chi connectivity index (χ2v) is 5.31. The molecule has 4 atom stereocenters. The van der Waals surface area contributed by atoms with Crippen molar-refractivity contribution < 1.29 is 0 Å². The van der Waals surface area contributed by atoms with Crippen LogP contribution in [-0.2, 0) is 0 Å². The Morgan fingerprint density at radius 3 is 2.58 bits per heavy atom. The van der Waals surface area contributed by atoms with Crippen LogP contribution in [0.25, 0.3) is 0 Å². The fraction of sp³-hybridized carbons (Fsp3) is 1.00. The Morgan fingerprint density at radius 1 is 1.33 bits per heavy atom. The standard InChI is InChI=1S/C11H19Br/c1-2-9(7-12)11-6-8-3-4-10(11)5-8/h8-11H,2-7H2,1H3. The molecular formula is C11H19Br. The normalized spacial score (nSPS) is 42.0. The lowest BCUT2D eigenvalue weighted by Crippen LogP contribution is -2.21. The van der Waals surface area contributed by atoms with E-state index < -0.39 is 0 Å². The third-order valence-electron chi connectivity index (χ3n) is 4.12. The molecule has 0 aromatic rings. The maximum Gasteiger partial charge on any atom is 0.00623 e. The molecule has 2 aliphatic rings. The predicted octanol–water partition coefficient (Wildman–Crippen LogP) is 3.84. The zero-order valence-corrected chi connectivity index (χ0v) is 9.52. The van der Waals surface area contributed by atoms with Gasteiger partial charge in [0.1, 0.15) is 0 Å². The SMILES string of the molecule is CCC(CBr)C1CC2CCC1C2. The first-order valence-electron chi connectivity index (χ1n) is 5.41. The molecule has 1 heteroatoms. The van der Waals surface area contributed by atoms with Gasteiger partial charge in [0.15, 0.2) is 0 Å². The number of hydrogen-bond acceptors (Lipinski definition) is 0. The highest BCUT2D eigenvalue weighted by Gasteiger charge is 2.41. The first kappa shape index (κ1) is 9.05. The average molecular weight is 231 g/mol. The fourth-order valence-electron chi connectivity index (χ4n) is 3.40. The first-order valence-corrected chi connectivity index (χ1v) is 6.53. The Hall–Kier alpha value is 0.480. The van der Waals surface area contributed by atoms with Crippen LogP contribution < -0.4 is 0 Å². The highest BCUT2D eigenvalue weighted by Crippen LogP contribution is 2.51. The summed E-state index contributed by atoms with van der Waals surface area (Å²) in [4.78, 5) is 0. The first-order chi connectivity index (χ1) is 5.85. The molecular weight excluding hydrogens is 212 g/mol. The van der Waals surface area contributed by atoms with Gasteiger partial charge in [-0.1, -0.05) is 35.7 Å². The molecule has 0 heterocycles. The molecule has 0 aromatic carbocycles. The number of alkyl halides is 1. The van der Waals surface area contributed by atoms with Gasteiger partial charge in [0, 0.05) is 5.33 Å². The van der Waals surface area contributed by atoms with Gasteiger partial charge in [-0.2, -0.15) is 0 Å². The lowest BCUT2D eigenvalue weighted by Gasteiger charge is -2.28. The summed E-state index contributed by atoms with van der Waals surface area (Å²) in [6, 6.07) is 0. The minimum Gasteiger partial charge on any atom is -0.0925 e. The van der Waals surface area contributed by atoms with Crippen molar-refractivity contribution in [3.05, 3.63) is 0 Å². The van der Waals surface area contributed by atoms with Crippen LogP contribution in [0.5, 0.6) is 0 Å². The minimum absolute atomic E-state index is 0.972. The van der Waals surface area contributed by atoms with Gasteiger partial charge in [-0.05, 0) is 42.9 Å². The van der Waals surface area contributed by atoms with Crippen LogP contribution in [0.4, 0.5) is 0 Å². The molecule has 0 N–H and O–H groups in total. The van der Waals surface area contributed by atoms with Crippen molar-refractivity contribution in [1.82, 2.24) is 0 Å². The van der Waals surface area contributed by atoms with Gasteiger partial charge in [0.25, 0.3) is 0 Å². The Balaban J connectivity index is 1.96. The monoisotopic (exact) mass is 230 g/mol. The molecule has 0 saturated heterocycles. The summed E-state index contributed by atoms with van der Waals surface area (Å²) >= 11 is 3.66. The van der Waals surface area contributed by atoms with E-state index in [2.05, 4.69) is 22.9 Å². The van der Waals surface area contributed by atoms with E-state index in [1.54, 1.807) is 25.7 Å². The van der Waals surface area contributed by atoms with Gasteiger partial charge in [0.05, 0.1) is 0 Å². The highest BCUT2D eigenvalue weighted by atomic mass is 79.9. The summed E-state index contributed by atoms with van der Waals surface area (Å²) in [7, 11) is 0. The van der Waals surface area contributed by atoms with E-state index in [1.165, 1.54) is 11.8 Å². The van der Waals surface area contributed by atoms with E-state index in [0.717, 1.165) is 23.7 Å². The number of hydrogen-bond donors (Lipinski definition) is 0. The van der Waals surface area contributed by atoms with E-state index >= 15 is 0 Å². The van der Waals surface area contributed by atoms with Gasteiger partial charge < -0.3 is 0 Å². The van der Waals surface area contributed by atoms with Gasteiger partial charge in [-0.3, -0.25) is 0 Å². The summed E-state index contributed by atoms with van der Waals surface area (Å²) < 4.78 is 0. The van der Waals surface area contributed by atoms with Crippen molar-refractivity contribution in [3.8, 4) is 0 Å². The molecule has 0 aliphatic heterocycles. The highest BCUT2D eigenvalue weighted by molar-refractivity contribution is 9.09. The maximum absolute atomic E-state index is 3.66. The van der Waals surface area contributed by atoms with Crippen molar-refractivity contribution in [2.45, 2.75) is 39.0 Å². The van der Waals surface area contributed by atoms with Gasteiger partial charge in [0.2, 0.25) is 0 Å². The Bertz CT molecular complexity index is 151. The topological polar surface area (TPSA) is 0 Å². The van der Waals surface area contributed by atoms with Gasteiger partial charge in [-0.25, -0.2) is 0 Å². The number of fused-ring (bicyclic) bond motifs is 2. The maximum atomic E-state index is 3.66. The van der Waals surface area contributed by atoms with E-state index in [-0.39, 0.29) is 0 Å². The lowest BCUT2D eigenvalue weighted by molar-refractivity contribution is 0.241. The van der Waals surface area contributed by atoms with Crippen LogP contribution in [0.2, 0.25) is 0 Å². The summed E-state index contributed by atoms with van der Waals surface area (Å²) in [5.74, 6) is 4.28. The molecule has 0 radical (unpaired) electrons. The van der Waals surface area contributed by atoms with Gasteiger partial charge >= 0.3 is 0 Å². The molecule has 70 valence electrons. The molecule has 0 nitrogen and oxygen atoms in total. The molecule has 0 aromatic heterocycles. The van der Waals surface area contributed by atoms with Crippen LogP contribution in [0, 0.1) is 23.7 Å². The smallest absolute Gasteiger partial charge is 0.00623 e. The van der Waals surface area contributed by atoms with Crippen molar-refractivity contribution in [3.63, 3.8) is 0 Å². The number of halogens is 1. The molecule has 2 bridgehead atoms. The van der Waals surface area contributed by atoms with E-state index in [9.17, 15) is 0 Å². The van der Waals surface area contributed by atoms with E-state index in [0.29, 0.717) is 0 Å². The molecule has 4 unspecified atom stereocenters. The largest absolute Gasteiger partial charge is 0.0925 e. The molecule has 2 aliphatic carbocycles. The summed E-state index contributed by atoms with van der Waals surface area (Å²) in [6.07, 6.45) is 7.57. The molecule has 0 spiro atoms. The Kier molecular flexibility index (Phi) is 2.78. The summed E-state index contributed by atoms with van der Waals surface area (Å²) in [5.41, 5.74) is 0. The lowest BCUT2D eigenvalue weighted by atomic mass is 9.79. The second-order valence-electron chi connectivity index (χ2n) is 4.66. The number of rotatable bonds is 3. The molecule has 2 saturated carbocycles. The summed E-state index contributed by atoms with van der Waals surface area (Å²) in [6.45, 7) is 2.35. The second kappa shape index (κ2) is 3.69. The van der Waals surface area contributed by atoms with Crippen molar-refractivity contribution in [2.24, 2.45) is 23.7 Å². The van der Waals surface area contributed by atoms with Crippen LogP contribution in [0.1, 0.15) is 39.0 Å². The van der Waals surface area contributed by atoms with E-state index in [1.807, 2.05) is 0 Å². The molecule has 2 fully saturated rings. The van der Waals surface area contributed by atoms with Gasteiger partial charge in [-0.15, -0.1) is 0 Å². The van der Waals surface area contributed by atoms with E-state index in [4.69, 9.17) is 0 Å². The molecule has 2 rings (SSSR count). The van der Waals surface area contributed by atoms with Crippen LogP contribution >= 0.6 is 15.9 Å². The Labute approximate surface area is 84.2 Å². The third kappa shape index (κ3) is 1.45. The zero-order chi connectivity index (χ0) is 8.55. The fourth-order valence-corrected chi connectivity index (χ4v) is 4.34. The van der Waals surface area contributed by atoms with Crippen LogP contribution in [0.15, 0.2) is 0 Å². The van der Waals surface area contributed by atoms with Crippen LogP contribution in [0.3, 0.4) is 0 Å². The molecule has 0 amide bonds. The average Bonchev–Trinajstić information content (AvgIpc) is 2.67. The zero-order valence-electron chi connectivity index (χ0n) is 7.93. The summed E-state index contributed by atoms with van der Waals surface area (Å²) in [5, 5.41) is 1.23. The van der Waals surface area contributed by atoms with Crippen LogP contribution in [-0.4, -0.2) is 5.33 Å². The molecule has 12 heavy (non-hydrogen) atoms. The minimum atomic E-state index is 0.972. The quantitative estimate of drug-likeness (QED) is 0.647. The van der Waals surface area contributed by atoms with Crippen molar-refractivity contribution in [2.75, 3.05) is 5.33 Å². The van der Waals surface area contributed by atoms with Crippen molar-refractivity contribution in [1.29, 1.82) is 0 Å². The third-order valence-corrected chi connectivity index (χ3v) is 4.95. The van der Waals surface area contributed by atoms with Crippen molar-refractivity contribution >= 4 is 15.9 Å². The predicted molar refractivity (Wildman–Crippen MR) is 56.5 cm³/mol.